The number of rotatable bonds is 7. The SMILES string of the molecule is CC1=CC1c1cc(CN2c3ccccc3C3C(O)=CC=CC32)ccc1C1(Cc2nc(-c3ccccc3)oc2C)CC1. The minimum absolute atomic E-state index is 0.00324. The molecular formula is C37H34N2O2. The Morgan fingerprint density at radius 1 is 0.976 bits per heavy atom. The summed E-state index contributed by atoms with van der Waals surface area (Å²) >= 11 is 0. The van der Waals surface area contributed by atoms with Gasteiger partial charge in [-0.15, -0.1) is 0 Å². The van der Waals surface area contributed by atoms with Gasteiger partial charge in [-0.3, -0.25) is 0 Å². The summed E-state index contributed by atoms with van der Waals surface area (Å²) in [6, 6.07) is 26.0. The van der Waals surface area contributed by atoms with Crippen LogP contribution in [0, 0.1) is 6.92 Å². The molecule has 1 saturated carbocycles. The lowest BCUT2D eigenvalue weighted by Crippen LogP contribution is -2.33. The zero-order valence-corrected chi connectivity index (χ0v) is 23.5. The number of para-hydroxylation sites is 1. The van der Waals surface area contributed by atoms with Crippen molar-refractivity contribution in [3.8, 4) is 11.5 Å². The first-order valence-corrected chi connectivity index (χ1v) is 14.8. The third kappa shape index (κ3) is 4.08. The summed E-state index contributed by atoms with van der Waals surface area (Å²) in [6.45, 7) is 5.11. The third-order valence-corrected chi connectivity index (χ3v) is 9.64. The molecule has 3 aliphatic carbocycles. The van der Waals surface area contributed by atoms with E-state index in [0.29, 0.717) is 17.6 Å². The van der Waals surface area contributed by atoms with Crippen LogP contribution in [0.2, 0.25) is 0 Å². The predicted octanol–water partition coefficient (Wildman–Crippen LogP) is 8.45. The van der Waals surface area contributed by atoms with Gasteiger partial charge in [0.25, 0.3) is 0 Å². The fourth-order valence-electron chi connectivity index (χ4n) is 7.15. The highest BCUT2D eigenvalue weighted by Gasteiger charge is 2.48. The monoisotopic (exact) mass is 538 g/mol. The van der Waals surface area contributed by atoms with Gasteiger partial charge in [0.2, 0.25) is 5.89 Å². The molecule has 4 heteroatoms. The van der Waals surface area contributed by atoms with Crippen LogP contribution in [-0.4, -0.2) is 16.1 Å². The first-order valence-electron chi connectivity index (χ1n) is 14.8. The molecule has 4 aliphatic rings. The molecule has 0 radical (unpaired) electrons. The molecule has 0 saturated heterocycles. The molecule has 1 fully saturated rings. The van der Waals surface area contributed by atoms with Crippen LogP contribution in [0.15, 0.2) is 113 Å². The van der Waals surface area contributed by atoms with Crippen molar-refractivity contribution in [2.24, 2.45) is 0 Å². The van der Waals surface area contributed by atoms with Crippen molar-refractivity contribution in [1.82, 2.24) is 4.98 Å². The molecule has 1 N–H and O–H groups in total. The number of nitrogens with zero attached hydrogens (tertiary/aromatic N) is 2. The van der Waals surface area contributed by atoms with Crippen molar-refractivity contribution in [3.63, 3.8) is 0 Å². The summed E-state index contributed by atoms with van der Waals surface area (Å²) in [7, 11) is 0. The maximum Gasteiger partial charge on any atom is 0.226 e. The topological polar surface area (TPSA) is 49.5 Å². The number of aliphatic hydroxyl groups is 1. The molecule has 3 aromatic carbocycles. The van der Waals surface area contributed by atoms with Gasteiger partial charge in [0, 0.05) is 35.5 Å². The molecule has 8 rings (SSSR count). The molecule has 204 valence electrons. The van der Waals surface area contributed by atoms with E-state index in [9.17, 15) is 5.11 Å². The number of hydrogen-bond acceptors (Lipinski definition) is 4. The molecule has 4 nitrogen and oxygen atoms in total. The first kappa shape index (κ1) is 24.5. The van der Waals surface area contributed by atoms with Crippen molar-refractivity contribution in [2.75, 3.05) is 4.90 Å². The van der Waals surface area contributed by atoms with Gasteiger partial charge < -0.3 is 14.4 Å². The zero-order valence-electron chi connectivity index (χ0n) is 23.5. The molecule has 2 heterocycles. The second kappa shape index (κ2) is 9.10. The Morgan fingerprint density at radius 2 is 1.76 bits per heavy atom. The van der Waals surface area contributed by atoms with Gasteiger partial charge in [-0.25, -0.2) is 4.98 Å². The molecule has 0 spiro atoms. The Hall–Kier alpha value is -4.31. The number of aryl methyl sites for hydroxylation is 1. The highest BCUT2D eigenvalue weighted by Crippen LogP contribution is 2.55. The quantitative estimate of drug-likeness (QED) is 0.240. The lowest BCUT2D eigenvalue weighted by Gasteiger charge is -2.30. The molecule has 3 unspecified atom stereocenters. The van der Waals surface area contributed by atoms with Crippen molar-refractivity contribution in [3.05, 3.63) is 142 Å². The van der Waals surface area contributed by atoms with Gasteiger partial charge in [0.1, 0.15) is 11.5 Å². The molecule has 1 aliphatic heterocycles. The van der Waals surface area contributed by atoms with E-state index >= 15 is 0 Å². The van der Waals surface area contributed by atoms with E-state index in [2.05, 4.69) is 85.5 Å². The van der Waals surface area contributed by atoms with Crippen molar-refractivity contribution < 1.29 is 9.52 Å². The van der Waals surface area contributed by atoms with Gasteiger partial charge in [0.05, 0.1) is 17.7 Å². The van der Waals surface area contributed by atoms with E-state index in [1.165, 1.54) is 46.4 Å². The van der Waals surface area contributed by atoms with Crippen LogP contribution in [0.4, 0.5) is 5.69 Å². The average molecular weight is 539 g/mol. The molecule has 0 bridgehead atoms. The second-order valence-electron chi connectivity index (χ2n) is 12.3. The summed E-state index contributed by atoms with van der Waals surface area (Å²) in [5.41, 5.74) is 10.3. The van der Waals surface area contributed by atoms with Crippen LogP contribution in [0.5, 0.6) is 0 Å². The number of benzene rings is 3. The van der Waals surface area contributed by atoms with Gasteiger partial charge in [-0.2, -0.15) is 0 Å². The summed E-state index contributed by atoms with van der Waals surface area (Å²) in [5.74, 6) is 2.53. The Kier molecular flexibility index (Phi) is 5.44. The van der Waals surface area contributed by atoms with Gasteiger partial charge in [0.15, 0.2) is 0 Å². The number of oxazole rings is 1. The number of fused-ring (bicyclic) bond motifs is 3. The smallest absolute Gasteiger partial charge is 0.226 e. The summed E-state index contributed by atoms with van der Waals surface area (Å²) in [5, 5.41) is 10.8. The van der Waals surface area contributed by atoms with E-state index in [0.717, 1.165) is 30.0 Å². The second-order valence-corrected chi connectivity index (χ2v) is 12.3. The highest BCUT2D eigenvalue weighted by atomic mass is 16.4. The number of anilines is 1. The predicted molar refractivity (Wildman–Crippen MR) is 163 cm³/mol. The van der Waals surface area contributed by atoms with Crippen molar-refractivity contribution in [2.45, 2.75) is 62.9 Å². The molecule has 0 amide bonds. The maximum atomic E-state index is 10.8. The van der Waals surface area contributed by atoms with Gasteiger partial charge >= 0.3 is 0 Å². The Morgan fingerprint density at radius 3 is 2.54 bits per heavy atom. The fraction of sp³-hybridized carbons (Fsp3) is 0.270. The van der Waals surface area contributed by atoms with Crippen molar-refractivity contribution >= 4 is 5.69 Å². The number of aliphatic hydroxyl groups excluding tert-OH is 1. The molecule has 3 atom stereocenters. The van der Waals surface area contributed by atoms with Crippen LogP contribution in [0.25, 0.3) is 11.5 Å². The van der Waals surface area contributed by atoms with E-state index in [1.54, 1.807) is 0 Å². The molecular weight excluding hydrogens is 504 g/mol. The molecule has 4 aromatic rings. The summed E-state index contributed by atoms with van der Waals surface area (Å²) < 4.78 is 6.14. The Balaban J connectivity index is 1.11. The van der Waals surface area contributed by atoms with Crippen LogP contribution in [0.1, 0.15) is 65.3 Å². The minimum atomic E-state index is 0.00324. The number of hydrogen-bond donors (Lipinski definition) is 1. The third-order valence-electron chi connectivity index (χ3n) is 9.64. The van der Waals surface area contributed by atoms with Gasteiger partial charge in [-0.05, 0) is 73.2 Å². The Bertz CT molecular complexity index is 1750. The van der Waals surface area contributed by atoms with Crippen molar-refractivity contribution in [1.29, 1.82) is 0 Å². The number of aromatic nitrogens is 1. The highest BCUT2D eigenvalue weighted by molar-refractivity contribution is 5.66. The van der Waals surface area contributed by atoms with E-state index < -0.39 is 0 Å². The average Bonchev–Trinajstić information content (AvgIpc) is 3.87. The lowest BCUT2D eigenvalue weighted by atomic mass is 9.84. The first-order chi connectivity index (χ1) is 20.0. The van der Waals surface area contributed by atoms with Gasteiger partial charge in [-0.1, -0.05) is 78.4 Å². The van der Waals surface area contributed by atoms with Crippen LogP contribution >= 0.6 is 0 Å². The lowest BCUT2D eigenvalue weighted by molar-refractivity contribution is 0.357. The largest absolute Gasteiger partial charge is 0.512 e. The van der Waals surface area contributed by atoms with Crippen LogP contribution < -0.4 is 4.90 Å². The summed E-state index contributed by atoms with van der Waals surface area (Å²) in [4.78, 5) is 7.43. The fourth-order valence-corrected chi connectivity index (χ4v) is 7.15. The van der Waals surface area contributed by atoms with E-state index in [-0.39, 0.29) is 17.4 Å². The Labute approximate surface area is 241 Å². The van der Waals surface area contributed by atoms with Crippen LogP contribution in [0.3, 0.4) is 0 Å². The van der Waals surface area contributed by atoms with E-state index in [4.69, 9.17) is 9.40 Å². The normalized spacial score (nSPS) is 23.1. The maximum absolute atomic E-state index is 10.8. The zero-order chi connectivity index (χ0) is 27.7. The van der Waals surface area contributed by atoms with Crippen LogP contribution in [-0.2, 0) is 18.4 Å². The molecule has 1 aromatic heterocycles. The van der Waals surface area contributed by atoms with E-state index in [1.807, 2.05) is 30.4 Å². The molecule has 41 heavy (non-hydrogen) atoms. The number of allylic oxidation sites excluding steroid dienone is 4. The minimum Gasteiger partial charge on any atom is -0.512 e. The standard InChI is InChI=1S/C37H34N2O2/c1-23-19-28(23)29-20-25(22-39-32-12-7-6-11-27(32)35-33(39)13-8-14-34(35)40)15-16-30(29)37(17-18-37)21-31-24(2)41-36(38-31)26-9-4-3-5-10-26/h3-16,19-20,28,33,35,40H,17-18,21-22H2,1-2H3. The summed E-state index contributed by atoms with van der Waals surface area (Å²) in [6.07, 6.45) is 11.7.